The molecule has 55 valence electrons. The first-order valence-corrected chi connectivity index (χ1v) is 2.83. The zero-order valence-corrected chi connectivity index (χ0v) is 12.2. The van der Waals surface area contributed by atoms with Crippen LogP contribution in [0.1, 0.15) is 20.8 Å². The number of rotatable bonds is 2. The summed E-state index contributed by atoms with van der Waals surface area (Å²) in [5, 5.41) is 0. The van der Waals surface area contributed by atoms with Crippen LogP contribution in [0.3, 0.4) is 0 Å². The van der Waals surface area contributed by atoms with E-state index in [0.717, 1.165) is 0 Å². The van der Waals surface area contributed by atoms with Gasteiger partial charge < -0.3 is 5.73 Å². The van der Waals surface area contributed by atoms with Crippen molar-refractivity contribution in [2.45, 2.75) is 20.8 Å². The van der Waals surface area contributed by atoms with Gasteiger partial charge in [-0.05, 0) is 5.92 Å². The number of hydrogen-bond acceptors (Lipinski definition) is 0. The van der Waals surface area contributed by atoms with Crippen molar-refractivity contribution < 1.29 is 44.1 Å². The van der Waals surface area contributed by atoms with Crippen molar-refractivity contribution in [2.24, 2.45) is 11.8 Å². The molecule has 0 unspecified atom stereocenters. The molecule has 0 saturated carbocycles. The van der Waals surface area contributed by atoms with Gasteiger partial charge in [0.25, 0.3) is 0 Å². The van der Waals surface area contributed by atoms with Crippen LogP contribution in [-0.2, 0) is 0 Å². The van der Waals surface area contributed by atoms with Gasteiger partial charge in [-0.2, -0.15) is 13.5 Å². The smallest absolute Gasteiger partial charge is 0 e. The molecule has 3 heteroatoms. The first-order chi connectivity index (χ1) is 3.18. The molecule has 0 spiro atoms. The zero-order chi connectivity index (χ0) is 5.86. The normalized spacial score (nSPS) is 11.7. The molecule has 0 heterocycles. The van der Waals surface area contributed by atoms with Gasteiger partial charge in [-0.25, -0.2) is 0 Å². The van der Waals surface area contributed by atoms with Gasteiger partial charge in [0.2, 0.25) is 0 Å². The third-order valence-electron chi connectivity index (χ3n) is 1.46. The van der Waals surface area contributed by atoms with Crippen LogP contribution in [0.25, 0.3) is 5.73 Å². The average molecular weight is 361 g/mol. The largest absolute Gasteiger partial charge is 0.677 e. The van der Waals surface area contributed by atoms with Gasteiger partial charge in [-0.3, -0.25) is 0 Å². The Morgan fingerprint density at radius 1 is 1.22 bits per heavy atom. The van der Waals surface area contributed by atoms with E-state index in [9.17, 15) is 0 Å². The van der Waals surface area contributed by atoms with Gasteiger partial charge in [-0.1, -0.05) is 26.7 Å². The van der Waals surface area contributed by atoms with Gasteiger partial charge in [0, 0.05) is 44.1 Å². The minimum absolute atomic E-state index is 0. The second kappa shape index (κ2) is 9.75. The molecule has 1 nitrogen and oxygen atoms in total. The molecular weight excluding hydrogens is 345 g/mol. The second-order valence-electron chi connectivity index (χ2n) is 2.43. The molecule has 0 aromatic carbocycles. The van der Waals surface area contributed by atoms with E-state index < -0.39 is 0 Å². The van der Waals surface area contributed by atoms with Crippen molar-refractivity contribution >= 4 is 13.5 Å². The van der Waals surface area contributed by atoms with E-state index >= 15 is 0 Å². The molecule has 0 aliphatic carbocycles. The van der Waals surface area contributed by atoms with Crippen LogP contribution in [0.15, 0.2) is 0 Å². The Labute approximate surface area is 101 Å². The summed E-state index contributed by atoms with van der Waals surface area (Å²) in [4.78, 5) is 0. The molecule has 0 aromatic rings. The summed E-state index contributed by atoms with van der Waals surface area (Å²) in [5.74, 6) is 1.25. The van der Waals surface area contributed by atoms with Crippen LogP contribution in [0.2, 0.25) is 0 Å². The Kier molecular flexibility index (Phi) is 18.4. The summed E-state index contributed by atoms with van der Waals surface area (Å²) in [6.07, 6.45) is 0. The van der Waals surface area contributed by atoms with Crippen molar-refractivity contribution in [3.05, 3.63) is 5.73 Å². The molecule has 0 bridgehead atoms. The third-order valence-corrected chi connectivity index (χ3v) is 1.46. The molecule has 1 radical (unpaired) electrons. The van der Waals surface area contributed by atoms with E-state index in [1.165, 1.54) is 0 Å². The Bertz CT molecular complexity index is 50.3. The summed E-state index contributed by atoms with van der Waals surface area (Å²) < 4.78 is 0. The van der Waals surface area contributed by atoms with Crippen LogP contribution >= 0.6 is 13.5 Å². The van der Waals surface area contributed by atoms with E-state index in [1.54, 1.807) is 0 Å². The van der Waals surface area contributed by atoms with E-state index in [4.69, 9.17) is 5.73 Å². The van der Waals surface area contributed by atoms with Gasteiger partial charge >= 0.3 is 0 Å². The van der Waals surface area contributed by atoms with Crippen molar-refractivity contribution in [3.63, 3.8) is 0 Å². The van der Waals surface area contributed by atoms with Gasteiger partial charge in [-0.15, -0.1) is 6.54 Å². The molecule has 0 aromatic heterocycles. The molecule has 0 rings (SSSR count). The minimum Gasteiger partial charge on any atom is -0.677 e. The fraction of sp³-hybridized carbons (Fsp3) is 1.00. The summed E-state index contributed by atoms with van der Waals surface area (Å²) >= 11 is 0. The zero-order valence-electron chi connectivity index (χ0n) is 6.44. The minimum atomic E-state index is 0. The maximum Gasteiger partial charge on any atom is 0 e. The first kappa shape index (κ1) is 17.0. The van der Waals surface area contributed by atoms with E-state index in [-0.39, 0.29) is 57.6 Å². The fourth-order valence-electron chi connectivity index (χ4n) is 0.236. The predicted octanol–water partition coefficient (Wildman–Crippen LogP) is 2.44. The maximum absolute atomic E-state index is 6.94. The molecule has 0 saturated heterocycles. The fourth-order valence-corrected chi connectivity index (χ4v) is 0.236. The van der Waals surface area contributed by atoms with Crippen LogP contribution < -0.4 is 0 Å². The van der Waals surface area contributed by atoms with Crippen molar-refractivity contribution in [1.82, 2.24) is 0 Å². The first-order valence-electron chi connectivity index (χ1n) is 2.83. The topological polar surface area (TPSA) is 23.8 Å². The number of hydrogen-bond donors (Lipinski definition) is 0. The van der Waals surface area contributed by atoms with Crippen LogP contribution in [-0.4, -0.2) is 6.54 Å². The Balaban J connectivity index is -0.000000180. The molecule has 0 aliphatic heterocycles. The summed E-state index contributed by atoms with van der Waals surface area (Å²) in [7, 11) is 0. The van der Waals surface area contributed by atoms with E-state index in [0.29, 0.717) is 18.4 Å². The molecule has 9 heavy (non-hydrogen) atoms. The summed E-state index contributed by atoms with van der Waals surface area (Å²) in [5.41, 5.74) is 6.94. The van der Waals surface area contributed by atoms with Gasteiger partial charge in [0.05, 0.1) is 0 Å². The average Bonchev–Trinajstić information content (AvgIpc) is 1.65. The molecule has 1 atom stereocenters. The SMILES string of the molecule is CC(C)[C@@H](C)C[NH-].S.[Ac]. The molecule has 0 fully saturated rings. The Hall–Kier alpha value is 1.75. The van der Waals surface area contributed by atoms with Crippen LogP contribution in [0.4, 0.5) is 0 Å². The second-order valence-corrected chi connectivity index (χ2v) is 2.43. The third kappa shape index (κ3) is 9.75. The van der Waals surface area contributed by atoms with E-state index in [1.807, 2.05) is 0 Å². The number of nitrogens with one attached hydrogen (secondary N) is 1. The molecule has 0 aliphatic rings. The van der Waals surface area contributed by atoms with Gasteiger partial charge in [0.15, 0.2) is 0 Å². The summed E-state index contributed by atoms with van der Waals surface area (Å²) in [6, 6.07) is 0. The van der Waals surface area contributed by atoms with E-state index in [2.05, 4.69) is 20.8 Å². The molecule has 1 N–H and O–H groups in total. The molecule has 0 amide bonds. The monoisotopic (exact) mass is 361 g/mol. The predicted molar refractivity (Wildman–Crippen MR) is 43.6 cm³/mol. The van der Waals surface area contributed by atoms with Crippen molar-refractivity contribution in [3.8, 4) is 0 Å². The summed E-state index contributed by atoms with van der Waals surface area (Å²) in [6.45, 7) is 6.98. The maximum atomic E-state index is 6.94. The quantitative estimate of drug-likeness (QED) is 0.722. The molecular formula is C6H16AcNS-. The Morgan fingerprint density at radius 2 is 1.56 bits per heavy atom. The van der Waals surface area contributed by atoms with Gasteiger partial charge in [0.1, 0.15) is 0 Å². The van der Waals surface area contributed by atoms with Crippen molar-refractivity contribution in [1.29, 1.82) is 0 Å². The van der Waals surface area contributed by atoms with Crippen molar-refractivity contribution in [2.75, 3.05) is 6.54 Å². The van der Waals surface area contributed by atoms with Crippen LogP contribution in [0, 0.1) is 55.9 Å². The van der Waals surface area contributed by atoms with Crippen LogP contribution in [0.5, 0.6) is 0 Å². The Morgan fingerprint density at radius 3 is 1.56 bits per heavy atom. The standard InChI is InChI=1S/C6H14N.Ac.H2S/c1-5(2)6(3)4-7;;/h5-7H,4H2,1-3H3;;1H2/q-1;;/t6-;;/m0../s1.